The molecule has 9 nitrogen and oxygen atoms in total. The van der Waals surface area contributed by atoms with Gasteiger partial charge in [-0.3, -0.25) is 24.2 Å². The van der Waals surface area contributed by atoms with Crippen LogP contribution in [0.15, 0.2) is 48.3 Å². The molecule has 4 aliphatic carbocycles. The van der Waals surface area contributed by atoms with Gasteiger partial charge in [0.25, 0.3) is 0 Å². The largest absolute Gasteiger partial charge is 0.458 e. The standard InChI is InChI=1S/C31H38N2O7/c1-29-11-7-21(34)15-20(29)3-4-22-23-8-12-31(39,30(23,2)16-24(35)28(22)29)25(36)18-40-27(38)6-5-26(37)33-17-19-9-13-32-14-10-19/h7,9-11,13-15,22-24,28,35,39H,3-6,8,12,16-18H2,1-2H3,(H,33,37)/t22-,23-,24-,28+,29-,30-,31-/m0/s1. The van der Waals surface area contributed by atoms with Gasteiger partial charge in [-0.25, -0.2) is 0 Å². The molecule has 7 atom stereocenters. The van der Waals surface area contributed by atoms with E-state index in [0.717, 1.165) is 24.0 Å². The molecule has 1 heterocycles. The first-order valence-electron chi connectivity index (χ1n) is 14.2. The van der Waals surface area contributed by atoms with Crippen molar-refractivity contribution in [3.63, 3.8) is 0 Å². The highest BCUT2D eigenvalue weighted by atomic mass is 16.5. The summed E-state index contributed by atoms with van der Waals surface area (Å²) in [5.74, 6) is -1.59. The molecule has 0 aliphatic heterocycles. The Morgan fingerprint density at radius 3 is 2.65 bits per heavy atom. The highest BCUT2D eigenvalue weighted by molar-refractivity contribution is 6.01. The van der Waals surface area contributed by atoms with Crippen LogP contribution < -0.4 is 5.32 Å². The van der Waals surface area contributed by atoms with Gasteiger partial charge < -0.3 is 20.3 Å². The number of fused-ring (bicyclic) bond motifs is 5. The average Bonchev–Trinajstić information content (AvgIpc) is 3.20. The molecule has 0 radical (unpaired) electrons. The highest BCUT2D eigenvalue weighted by Crippen LogP contribution is 2.67. The van der Waals surface area contributed by atoms with E-state index >= 15 is 0 Å². The maximum Gasteiger partial charge on any atom is 0.306 e. The molecule has 1 aromatic rings. The van der Waals surface area contributed by atoms with Gasteiger partial charge in [0.05, 0.1) is 12.5 Å². The highest BCUT2D eigenvalue weighted by Gasteiger charge is 2.68. The number of aliphatic hydroxyl groups is 2. The molecule has 3 fully saturated rings. The number of allylic oxidation sites excluding steroid dienone is 4. The van der Waals surface area contributed by atoms with Crippen LogP contribution in [0.2, 0.25) is 0 Å². The molecular formula is C31H38N2O7. The van der Waals surface area contributed by atoms with E-state index < -0.39 is 40.9 Å². The van der Waals surface area contributed by atoms with Crippen molar-refractivity contribution >= 4 is 23.4 Å². The number of ketones is 2. The lowest BCUT2D eigenvalue weighted by molar-refractivity contribution is -0.181. The summed E-state index contributed by atoms with van der Waals surface area (Å²) in [5.41, 5.74) is -1.08. The van der Waals surface area contributed by atoms with Crippen molar-refractivity contribution < 1.29 is 34.1 Å². The number of aliphatic hydroxyl groups excluding tert-OH is 1. The van der Waals surface area contributed by atoms with Crippen LogP contribution in [0.25, 0.3) is 0 Å². The molecule has 0 saturated heterocycles. The van der Waals surface area contributed by atoms with Gasteiger partial charge in [0.2, 0.25) is 11.7 Å². The second-order valence-electron chi connectivity index (χ2n) is 12.3. The molecule has 5 rings (SSSR count). The van der Waals surface area contributed by atoms with Crippen LogP contribution in [0.4, 0.5) is 0 Å². The number of nitrogens with zero attached hydrogens (tertiary/aromatic N) is 1. The predicted octanol–water partition coefficient (Wildman–Crippen LogP) is 2.60. The van der Waals surface area contributed by atoms with Crippen LogP contribution in [0.3, 0.4) is 0 Å². The fourth-order valence-corrected chi connectivity index (χ4v) is 8.13. The molecule has 4 aliphatic rings. The Balaban J connectivity index is 1.18. The minimum absolute atomic E-state index is 0.0130. The lowest BCUT2D eigenvalue weighted by atomic mass is 9.46. The average molecular weight is 551 g/mol. The van der Waals surface area contributed by atoms with Crippen LogP contribution >= 0.6 is 0 Å². The number of aromatic nitrogens is 1. The number of ether oxygens (including phenoxy) is 1. The Hall–Kier alpha value is -3.17. The van der Waals surface area contributed by atoms with Gasteiger partial charge in [-0.05, 0) is 73.8 Å². The van der Waals surface area contributed by atoms with Crippen LogP contribution in [-0.2, 0) is 30.5 Å². The number of hydrogen-bond donors (Lipinski definition) is 3. The molecular weight excluding hydrogens is 512 g/mol. The SMILES string of the molecule is C[C@]12C=CC(=O)C=C1CC[C@@H]1[C@@H]2[C@@H](O)C[C@@]2(C)[C@H]1CC[C@]2(O)C(=O)COC(=O)CCC(=O)NCc1ccncc1. The van der Waals surface area contributed by atoms with E-state index in [-0.39, 0.29) is 55.1 Å². The molecule has 1 amide bonds. The molecule has 9 heteroatoms. The fraction of sp³-hybridized carbons (Fsp3) is 0.581. The summed E-state index contributed by atoms with van der Waals surface area (Å²) in [6, 6.07) is 3.56. The third kappa shape index (κ3) is 4.83. The minimum atomic E-state index is -1.72. The predicted molar refractivity (Wildman–Crippen MR) is 144 cm³/mol. The lowest BCUT2D eigenvalue weighted by Crippen LogP contribution is -2.61. The van der Waals surface area contributed by atoms with E-state index in [1.54, 1.807) is 36.7 Å². The zero-order chi connectivity index (χ0) is 28.7. The molecule has 214 valence electrons. The fourth-order valence-electron chi connectivity index (χ4n) is 8.13. The number of pyridine rings is 1. The number of Topliss-reactive ketones (excluding diaryl/α,β-unsaturated/α-hetero) is 1. The summed E-state index contributed by atoms with van der Waals surface area (Å²) in [7, 11) is 0. The smallest absolute Gasteiger partial charge is 0.306 e. The summed E-state index contributed by atoms with van der Waals surface area (Å²) in [4.78, 5) is 53.7. The summed E-state index contributed by atoms with van der Waals surface area (Å²) < 4.78 is 5.20. The molecule has 3 N–H and O–H groups in total. The van der Waals surface area contributed by atoms with Gasteiger partial charge in [0, 0.05) is 42.1 Å². The van der Waals surface area contributed by atoms with E-state index in [9.17, 15) is 29.4 Å². The van der Waals surface area contributed by atoms with E-state index in [2.05, 4.69) is 17.2 Å². The number of nitrogens with one attached hydrogen (secondary N) is 1. The lowest BCUT2D eigenvalue weighted by Gasteiger charge is -2.59. The van der Waals surface area contributed by atoms with Crippen molar-refractivity contribution in [1.82, 2.24) is 10.3 Å². The summed E-state index contributed by atoms with van der Waals surface area (Å²) in [6.45, 7) is 3.71. The van der Waals surface area contributed by atoms with Crippen molar-refractivity contribution in [2.24, 2.45) is 28.6 Å². The van der Waals surface area contributed by atoms with Gasteiger partial charge in [0.15, 0.2) is 12.4 Å². The molecule has 0 bridgehead atoms. The summed E-state index contributed by atoms with van der Waals surface area (Å²) >= 11 is 0. The van der Waals surface area contributed by atoms with E-state index in [1.807, 2.05) is 13.0 Å². The first-order chi connectivity index (χ1) is 19.0. The monoisotopic (exact) mass is 550 g/mol. The van der Waals surface area contributed by atoms with Crippen molar-refractivity contribution in [3.05, 3.63) is 53.9 Å². The maximum atomic E-state index is 13.4. The maximum absolute atomic E-state index is 13.4. The third-order valence-corrected chi connectivity index (χ3v) is 10.3. The normalized spacial score (nSPS) is 36.1. The topological polar surface area (TPSA) is 143 Å². The molecule has 0 spiro atoms. The Labute approximate surface area is 234 Å². The van der Waals surface area contributed by atoms with Gasteiger partial charge in [-0.15, -0.1) is 0 Å². The molecule has 0 aromatic carbocycles. The second-order valence-corrected chi connectivity index (χ2v) is 12.3. The van der Waals surface area contributed by atoms with E-state index in [0.29, 0.717) is 13.0 Å². The number of esters is 1. The summed E-state index contributed by atoms with van der Waals surface area (Å²) in [5, 5.41) is 26.0. The zero-order valence-corrected chi connectivity index (χ0v) is 23.1. The van der Waals surface area contributed by atoms with Crippen LogP contribution in [0.5, 0.6) is 0 Å². The van der Waals surface area contributed by atoms with Crippen molar-refractivity contribution in [2.45, 2.75) is 77.0 Å². The van der Waals surface area contributed by atoms with E-state index in [4.69, 9.17) is 4.74 Å². The molecule has 3 saturated carbocycles. The van der Waals surface area contributed by atoms with Gasteiger partial charge in [-0.2, -0.15) is 0 Å². The second kappa shape index (κ2) is 10.7. The number of carbonyl (C=O) groups is 4. The molecule has 0 unspecified atom stereocenters. The Kier molecular flexibility index (Phi) is 7.56. The van der Waals surface area contributed by atoms with Crippen LogP contribution in [0.1, 0.15) is 64.4 Å². The Morgan fingerprint density at radius 2 is 1.90 bits per heavy atom. The van der Waals surface area contributed by atoms with Gasteiger partial charge >= 0.3 is 5.97 Å². The van der Waals surface area contributed by atoms with Crippen LogP contribution in [-0.4, -0.2) is 57.0 Å². The first-order valence-corrected chi connectivity index (χ1v) is 14.2. The van der Waals surface area contributed by atoms with Crippen molar-refractivity contribution in [3.8, 4) is 0 Å². The Morgan fingerprint density at radius 1 is 1.15 bits per heavy atom. The number of rotatable bonds is 8. The van der Waals surface area contributed by atoms with Crippen molar-refractivity contribution in [1.29, 1.82) is 0 Å². The van der Waals surface area contributed by atoms with Gasteiger partial charge in [0.1, 0.15) is 5.60 Å². The zero-order valence-electron chi connectivity index (χ0n) is 23.1. The Bertz CT molecular complexity index is 1260. The van der Waals surface area contributed by atoms with Crippen LogP contribution in [0, 0.1) is 28.6 Å². The van der Waals surface area contributed by atoms with Gasteiger partial charge in [-0.1, -0.05) is 25.5 Å². The summed E-state index contributed by atoms with van der Waals surface area (Å²) in [6.07, 6.45) is 10.1. The minimum Gasteiger partial charge on any atom is -0.458 e. The number of amides is 1. The number of hydrogen-bond acceptors (Lipinski definition) is 8. The number of carbonyl (C=O) groups excluding carboxylic acids is 4. The third-order valence-electron chi connectivity index (χ3n) is 10.3. The molecule has 1 aromatic heterocycles. The molecule has 40 heavy (non-hydrogen) atoms. The van der Waals surface area contributed by atoms with Crippen molar-refractivity contribution in [2.75, 3.05) is 6.61 Å². The quantitative estimate of drug-likeness (QED) is 0.419. The van der Waals surface area contributed by atoms with E-state index in [1.165, 1.54) is 0 Å². The first kappa shape index (κ1) is 28.4.